The Balaban J connectivity index is 2.26. The SMILES string of the molecule is CC1CC=C(c2ccncc2)N(C(=O)OC(C)(C)C)C1. The molecule has 2 rings (SSSR count). The van der Waals surface area contributed by atoms with Crippen LogP contribution in [0, 0.1) is 5.92 Å². The van der Waals surface area contributed by atoms with E-state index in [-0.39, 0.29) is 6.09 Å². The summed E-state index contributed by atoms with van der Waals surface area (Å²) in [5, 5.41) is 0. The third-order valence-electron chi connectivity index (χ3n) is 3.09. The summed E-state index contributed by atoms with van der Waals surface area (Å²) < 4.78 is 5.51. The zero-order chi connectivity index (χ0) is 14.8. The quantitative estimate of drug-likeness (QED) is 0.784. The molecule has 2 heterocycles. The van der Waals surface area contributed by atoms with Crippen molar-refractivity contribution in [2.24, 2.45) is 5.92 Å². The lowest BCUT2D eigenvalue weighted by molar-refractivity contribution is 0.0327. The second-order valence-corrected chi connectivity index (χ2v) is 6.26. The highest BCUT2D eigenvalue weighted by Crippen LogP contribution is 2.28. The first-order chi connectivity index (χ1) is 9.37. The molecule has 0 aromatic carbocycles. The number of ether oxygens (including phenoxy) is 1. The van der Waals surface area contributed by atoms with E-state index < -0.39 is 5.60 Å². The van der Waals surface area contributed by atoms with Crippen LogP contribution in [0.15, 0.2) is 30.6 Å². The number of nitrogens with zero attached hydrogens (tertiary/aromatic N) is 2. The lowest BCUT2D eigenvalue weighted by atomic mass is 9.99. The number of carbonyl (C=O) groups excluding carboxylic acids is 1. The molecule has 1 unspecified atom stereocenters. The average molecular weight is 274 g/mol. The first kappa shape index (κ1) is 14.6. The number of carbonyl (C=O) groups is 1. The molecule has 4 nitrogen and oxygen atoms in total. The van der Waals surface area contributed by atoms with Crippen LogP contribution in [0.3, 0.4) is 0 Å². The van der Waals surface area contributed by atoms with E-state index in [0.717, 1.165) is 17.7 Å². The summed E-state index contributed by atoms with van der Waals surface area (Å²) in [4.78, 5) is 18.1. The van der Waals surface area contributed by atoms with Gasteiger partial charge in [-0.25, -0.2) is 4.79 Å². The maximum atomic E-state index is 12.4. The van der Waals surface area contributed by atoms with Crippen molar-refractivity contribution in [3.8, 4) is 0 Å². The van der Waals surface area contributed by atoms with Gasteiger partial charge in [-0.3, -0.25) is 9.88 Å². The van der Waals surface area contributed by atoms with E-state index in [1.807, 2.05) is 32.9 Å². The van der Waals surface area contributed by atoms with Crippen LogP contribution >= 0.6 is 0 Å². The predicted molar refractivity (Wildman–Crippen MR) is 78.9 cm³/mol. The molecule has 0 N–H and O–H groups in total. The molecule has 0 bridgehead atoms. The topological polar surface area (TPSA) is 42.4 Å². The first-order valence-corrected chi connectivity index (χ1v) is 6.98. The molecule has 0 spiro atoms. The fourth-order valence-electron chi connectivity index (χ4n) is 2.19. The number of hydrogen-bond acceptors (Lipinski definition) is 3. The molecular weight excluding hydrogens is 252 g/mol. The standard InChI is InChI=1S/C16H22N2O2/c1-12-5-6-14(13-7-9-17-10-8-13)18(11-12)15(19)20-16(2,3)4/h6-10,12H,5,11H2,1-4H3. The Labute approximate surface area is 120 Å². The normalized spacial score (nSPS) is 19.5. The van der Waals surface area contributed by atoms with E-state index in [4.69, 9.17) is 4.74 Å². The number of aromatic nitrogens is 1. The van der Waals surface area contributed by atoms with Gasteiger partial charge in [0.25, 0.3) is 0 Å². The number of amides is 1. The highest BCUT2D eigenvalue weighted by Gasteiger charge is 2.29. The Bertz CT molecular complexity index is 503. The maximum absolute atomic E-state index is 12.4. The molecule has 1 amide bonds. The van der Waals surface area contributed by atoms with Gasteiger partial charge in [0.1, 0.15) is 5.60 Å². The smallest absolute Gasteiger partial charge is 0.414 e. The largest absolute Gasteiger partial charge is 0.443 e. The van der Waals surface area contributed by atoms with Crippen LogP contribution < -0.4 is 0 Å². The van der Waals surface area contributed by atoms with E-state index in [9.17, 15) is 4.79 Å². The van der Waals surface area contributed by atoms with Gasteiger partial charge >= 0.3 is 6.09 Å². The maximum Gasteiger partial charge on any atom is 0.414 e. The number of pyridine rings is 1. The lowest BCUT2D eigenvalue weighted by Gasteiger charge is -2.33. The van der Waals surface area contributed by atoms with E-state index >= 15 is 0 Å². The monoisotopic (exact) mass is 274 g/mol. The fourth-order valence-corrected chi connectivity index (χ4v) is 2.19. The summed E-state index contributed by atoms with van der Waals surface area (Å²) in [6.07, 6.45) is 6.26. The second kappa shape index (κ2) is 5.65. The van der Waals surface area contributed by atoms with Crippen LogP contribution in [-0.4, -0.2) is 28.1 Å². The third-order valence-corrected chi connectivity index (χ3v) is 3.09. The molecule has 4 heteroatoms. The Kier molecular flexibility index (Phi) is 4.12. The van der Waals surface area contributed by atoms with Crippen molar-refractivity contribution in [3.05, 3.63) is 36.2 Å². The molecule has 1 aliphatic heterocycles. The van der Waals surface area contributed by atoms with Crippen LogP contribution in [-0.2, 0) is 4.74 Å². The number of allylic oxidation sites excluding steroid dienone is 1. The Morgan fingerprint density at radius 2 is 2.00 bits per heavy atom. The molecular formula is C16H22N2O2. The fraction of sp³-hybridized carbons (Fsp3) is 0.500. The molecule has 1 aromatic heterocycles. The summed E-state index contributed by atoms with van der Waals surface area (Å²) in [5.74, 6) is 0.438. The van der Waals surface area contributed by atoms with Gasteiger partial charge < -0.3 is 4.74 Å². The van der Waals surface area contributed by atoms with Crippen molar-refractivity contribution in [1.82, 2.24) is 9.88 Å². The third kappa shape index (κ3) is 3.59. The van der Waals surface area contributed by atoms with E-state index in [1.165, 1.54) is 0 Å². The van der Waals surface area contributed by atoms with Crippen molar-refractivity contribution in [2.45, 2.75) is 39.7 Å². The Morgan fingerprint density at radius 3 is 2.60 bits per heavy atom. The summed E-state index contributed by atoms with van der Waals surface area (Å²) in [6, 6.07) is 3.83. The van der Waals surface area contributed by atoms with Crippen LogP contribution in [0.1, 0.15) is 39.7 Å². The molecule has 0 radical (unpaired) electrons. The molecule has 0 saturated carbocycles. The molecule has 20 heavy (non-hydrogen) atoms. The van der Waals surface area contributed by atoms with Gasteiger partial charge in [0, 0.05) is 24.5 Å². The molecule has 0 aliphatic carbocycles. The molecule has 0 saturated heterocycles. The van der Waals surface area contributed by atoms with Crippen molar-refractivity contribution in [1.29, 1.82) is 0 Å². The minimum absolute atomic E-state index is 0.285. The molecule has 1 atom stereocenters. The molecule has 1 aliphatic rings. The summed E-state index contributed by atoms with van der Waals surface area (Å²) in [5.41, 5.74) is 1.43. The zero-order valence-electron chi connectivity index (χ0n) is 12.6. The minimum atomic E-state index is -0.485. The lowest BCUT2D eigenvalue weighted by Crippen LogP contribution is -2.39. The van der Waals surface area contributed by atoms with E-state index in [0.29, 0.717) is 12.5 Å². The van der Waals surface area contributed by atoms with E-state index in [1.54, 1.807) is 17.3 Å². The summed E-state index contributed by atoms with van der Waals surface area (Å²) >= 11 is 0. The van der Waals surface area contributed by atoms with Crippen molar-refractivity contribution >= 4 is 11.8 Å². The Morgan fingerprint density at radius 1 is 1.35 bits per heavy atom. The van der Waals surface area contributed by atoms with Crippen LogP contribution in [0.5, 0.6) is 0 Å². The zero-order valence-corrected chi connectivity index (χ0v) is 12.6. The van der Waals surface area contributed by atoms with Crippen molar-refractivity contribution in [3.63, 3.8) is 0 Å². The molecule has 0 fully saturated rings. The predicted octanol–water partition coefficient (Wildman–Crippen LogP) is 3.70. The van der Waals surface area contributed by atoms with Crippen LogP contribution in [0.4, 0.5) is 4.79 Å². The second-order valence-electron chi connectivity index (χ2n) is 6.26. The van der Waals surface area contributed by atoms with Gasteiger partial charge in [0.15, 0.2) is 0 Å². The van der Waals surface area contributed by atoms with Gasteiger partial charge in [0.2, 0.25) is 0 Å². The molecule has 1 aromatic rings. The van der Waals surface area contributed by atoms with Crippen LogP contribution in [0.2, 0.25) is 0 Å². The number of hydrogen-bond donors (Lipinski definition) is 0. The van der Waals surface area contributed by atoms with Crippen molar-refractivity contribution < 1.29 is 9.53 Å². The highest BCUT2D eigenvalue weighted by molar-refractivity contribution is 5.82. The van der Waals surface area contributed by atoms with E-state index in [2.05, 4.69) is 18.0 Å². The van der Waals surface area contributed by atoms with Crippen molar-refractivity contribution in [2.75, 3.05) is 6.54 Å². The highest BCUT2D eigenvalue weighted by atomic mass is 16.6. The first-order valence-electron chi connectivity index (χ1n) is 6.98. The summed E-state index contributed by atoms with van der Waals surface area (Å²) in [6.45, 7) is 8.47. The van der Waals surface area contributed by atoms with Gasteiger partial charge in [-0.15, -0.1) is 0 Å². The van der Waals surface area contributed by atoms with Gasteiger partial charge in [-0.2, -0.15) is 0 Å². The minimum Gasteiger partial charge on any atom is -0.443 e. The molecule has 108 valence electrons. The van der Waals surface area contributed by atoms with Gasteiger partial charge in [0.05, 0.1) is 5.70 Å². The Hall–Kier alpha value is -1.84. The van der Waals surface area contributed by atoms with Gasteiger partial charge in [-0.05, 0) is 45.2 Å². The van der Waals surface area contributed by atoms with Gasteiger partial charge in [-0.1, -0.05) is 13.0 Å². The number of rotatable bonds is 1. The summed E-state index contributed by atoms with van der Waals surface area (Å²) in [7, 11) is 0. The van der Waals surface area contributed by atoms with Crippen LogP contribution in [0.25, 0.3) is 5.70 Å². The average Bonchev–Trinajstić information content (AvgIpc) is 2.37.